The summed E-state index contributed by atoms with van der Waals surface area (Å²) in [7, 11) is 2.14. The van der Waals surface area contributed by atoms with E-state index in [2.05, 4.69) is 63.4 Å². The third-order valence-corrected chi connectivity index (χ3v) is 5.74. The van der Waals surface area contributed by atoms with E-state index in [1.807, 2.05) is 0 Å². The van der Waals surface area contributed by atoms with Crippen molar-refractivity contribution in [1.29, 1.82) is 0 Å². The van der Waals surface area contributed by atoms with E-state index < -0.39 is 0 Å². The minimum atomic E-state index is -0.295. The molecule has 3 heterocycles. The van der Waals surface area contributed by atoms with Crippen molar-refractivity contribution in [3.63, 3.8) is 0 Å². The summed E-state index contributed by atoms with van der Waals surface area (Å²) in [5.41, 5.74) is 5.97. The van der Waals surface area contributed by atoms with Crippen LogP contribution in [0.25, 0.3) is 5.52 Å². The first-order valence-corrected chi connectivity index (χ1v) is 11.0. The van der Waals surface area contributed by atoms with Crippen molar-refractivity contribution in [3.05, 3.63) is 78.0 Å². The fraction of sp³-hybridized carbons (Fsp3) is 0.200. The van der Waals surface area contributed by atoms with Crippen LogP contribution in [0.2, 0.25) is 0 Å². The molecule has 1 aliphatic heterocycles. The lowest BCUT2D eigenvalue weighted by Gasteiger charge is -2.26. The summed E-state index contributed by atoms with van der Waals surface area (Å²) in [5.74, 6) is 0.942. The van der Waals surface area contributed by atoms with Gasteiger partial charge in [0.15, 0.2) is 0 Å². The second-order valence-electron chi connectivity index (χ2n) is 8.32. The highest BCUT2D eigenvalue weighted by atomic mass is 16.5. The third-order valence-electron chi connectivity index (χ3n) is 5.74. The molecule has 2 aromatic heterocycles. The number of nitrogens with one attached hydrogen (secondary N) is 2. The molecule has 4 aromatic rings. The number of ether oxygens (including phenoxy) is 1. The molecule has 0 aliphatic carbocycles. The maximum absolute atomic E-state index is 11.6. The SMILES string of the molecule is C=CC(=O)Nc1cccc(Oc2nc(Nc3cc4c(cc3C)CN(C)CC4)nn3nccc23)c1. The van der Waals surface area contributed by atoms with Gasteiger partial charge in [-0.25, -0.2) is 0 Å². The molecule has 1 amide bonds. The van der Waals surface area contributed by atoms with Gasteiger partial charge in [0.25, 0.3) is 11.8 Å². The largest absolute Gasteiger partial charge is 0.437 e. The molecule has 0 fully saturated rings. The summed E-state index contributed by atoms with van der Waals surface area (Å²) >= 11 is 0. The van der Waals surface area contributed by atoms with Gasteiger partial charge >= 0.3 is 0 Å². The van der Waals surface area contributed by atoms with Crippen molar-refractivity contribution >= 4 is 28.7 Å². The summed E-state index contributed by atoms with van der Waals surface area (Å²) < 4.78 is 7.57. The van der Waals surface area contributed by atoms with Gasteiger partial charge in [0.05, 0.1) is 6.20 Å². The zero-order valence-corrected chi connectivity index (χ0v) is 19.1. The number of rotatable bonds is 6. The predicted molar refractivity (Wildman–Crippen MR) is 131 cm³/mol. The number of aromatic nitrogens is 4. The smallest absolute Gasteiger partial charge is 0.250 e. The van der Waals surface area contributed by atoms with Gasteiger partial charge < -0.3 is 20.3 Å². The Balaban J connectivity index is 1.45. The molecule has 0 saturated heterocycles. The Hall–Kier alpha value is -4.24. The number of hydrogen-bond acceptors (Lipinski definition) is 7. The van der Waals surface area contributed by atoms with Crippen molar-refractivity contribution in [3.8, 4) is 11.6 Å². The highest BCUT2D eigenvalue weighted by Gasteiger charge is 2.17. The molecule has 0 bridgehead atoms. The normalized spacial score (nSPS) is 13.4. The first kappa shape index (κ1) is 21.6. The van der Waals surface area contributed by atoms with Crippen LogP contribution < -0.4 is 15.4 Å². The average Bonchev–Trinajstić information content (AvgIpc) is 3.29. The highest BCUT2D eigenvalue weighted by Crippen LogP contribution is 2.30. The Labute approximate surface area is 197 Å². The molecule has 172 valence electrons. The van der Waals surface area contributed by atoms with Crippen LogP contribution >= 0.6 is 0 Å². The molecule has 2 aromatic carbocycles. The maximum atomic E-state index is 11.6. The number of aryl methyl sites for hydroxylation is 1. The molecule has 5 rings (SSSR count). The van der Waals surface area contributed by atoms with Crippen molar-refractivity contribution in [1.82, 2.24) is 24.7 Å². The van der Waals surface area contributed by atoms with Crippen molar-refractivity contribution in [2.75, 3.05) is 24.2 Å². The number of benzene rings is 2. The zero-order valence-electron chi connectivity index (χ0n) is 19.1. The number of fused-ring (bicyclic) bond motifs is 2. The first-order valence-electron chi connectivity index (χ1n) is 11.0. The molecule has 2 N–H and O–H groups in total. The summed E-state index contributed by atoms with van der Waals surface area (Å²) in [6, 6.07) is 13.2. The van der Waals surface area contributed by atoms with Crippen LogP contribution in [0, 0.1) is 6.92 Å². The number of carbonyl (C=O) groups is 1. The van der Waals surface area contributed by atoms with Crippen molar-refractivity contribution in [2.45, 2.75) is 19.9 Å². The van der Waals surface area contributed by atoms with Crippen LogP contribution in [0.15, 0.2) is 61.3 Å². The van der Waals surface area contributed by atoms with Gasteiger partial charge in [0.2, 0.25) is 5.91 Å². The van der Waals surface area contributed by atoms with E-state index in [1.165, 1.54) is 21.8 Å². The van der Waals surface area contributed by atoms with E-state index in [9.17, 15) is 4.79 Å². The topological polar surface area (TPSA) is 96.7 Å². The van der Waals surface area contributed by atoms with Gasteiger partial charge in [-0.05, 0) is 67.4 Å². The first-order chi connectivity index (χ1) is 16.5. The monoisotopic (exact) mass is 455 g/mol. The van der Waals surface area contributed by atoms with Gasteiger partial charge in [-0.1, -0.05) is 18.7 Å². The van der Waals surface area contributed by atoms with Crippen LogP contribution in [-0.2, 0) is 17.8 Å². The second kappa shape index (κ2) is 8.95. The Kier molecular flexibility index (Phi) is 5.69. The van der Waals surface area contributed by atoms with E-state index in [0.29, 0.717) is 28.8 Å². The van der Waals surface area contributed by atoms with Crippen molar-refractivity contribution < 1.29 is 9.53 Å². The minimum absolute atomic E-state index is 0.295. The van der Waals surface area contributed by atoms with E-state index in [0.717, 1.165) is 30.8 Å². The summed E-state index contributed by atoms with van der Waals surface area (Å²) in [4.78, 5) is 18.6. The Morgan fingerprint density at radius 2 is 2.09 bits per heavy atom. The molecule has 9 heteroatoms. The van der Waals surface area contributed by atoms with E-state index >= 15 is 0 Å². The van der Waals surface area contributed by atoms with Crippen LogP contribution in [0.3, 0.4) is 0 Å². The number of nitrogens with zero attached hydrogens (tertiary/aromatic N) is 5. The number of amides is 1. The van der Waals surface area contributed by atoms with Gasteiger partial charge in [-0.15, -0.1) is 9.73 Å². The zero-order chi connectivity index (χ0) is 23.7. The van der Waals surface area contributed by atoms with E-state index in [4.69, 9.17) is 4.74 Å². The summed E-state index contributed by atoms with van der Waals surface area (Å²) in [6.45, 7) is 7.54. The minimum Gasteiger partial charge on any atom is -0.437 e. The Morgan fingerprint density at radius 1 is 1.21 bits per heavy atom. The quantitative estimate of drug-likeness (QED) is 0.423. The Morgan fingerprint density at radius 3 is 2.94 bits per heavy atom. The lowest BCUT2D eigenvalue weighted by molar-refractivity contribution is -0.111. The van der Waals surface area contributed by atoms with Crippen LogP contribution in [-0.4, -0.2) is 44.2 Å². The molecule has 0 saturated carbocycles. The number of carbonyl (C=O) groups excluding carboxylic acids is 1. The number of anilines is 3. The van der Waals surface area contributed by atoms with Gasteiger partial charge in [0, 0.05) is 30.5 Å². The lowest BCUT2D eigenvalue weighted by Crippen LogP contribution is -2.26. The molecule has 0 spiro atoms. The van der Waals surface area contributed by atoms with Crippen LogP contribution in [0.5, 0.6) is 11.6 Å². The fourth-order valence-electron chi connectivity index (χ4n) is 4.00. The molecule has 34 heavy (non-hydrogen) atoms. The second-order valence-corrected chi connectivity index (χ2v) is 8.32. The van der Waals surface area contributed by atoms with Crippen molar-refractivity contribution in [2.24, 2.45) is 0 Å². The summed E-state index contributed by atoms with van der Waals surface area (Å²) in [5, 5.41) is 14.8. The van der Waals surface area contributed by atoms with Gasteiger partial charge in [-0.3, -0.25) is 4.79 Å². The third kappa shape index (κ3) is 4.46. The predicted octanol–water partition coefficient (Wildman–Crippen LogP) is 4.08. The van der Waals surface area contributed by atoms with Gasteiger partial charge in [0.1, 0.15) is 11.3 Å². The number of likely N-dealkylation sites (N-methyl/N-ethyl adjacent to an activating group) is 1. The molecule has 0 unspecified atom stereocenters. The molecular weight excluding hydrogens is 430 g/mol. The molecule has 1 aliphatic rings. The Bertz CT molecular complexity index is 1400. The van der Waals surface area contributed by atoms with Crippen LogP contribution in [0.1, 0.15) is 16.7 Å². The molecule has 0 radical (unpaired) electrons. The lowest BCUT2D eigenvalue weighted by atomic mass is 9.96. The fourth-order valence-corrected chi connectivity index (χ4v) is 4.00. The average molecular weight is 456 g/mol. The highest BCUT2D eigenvalue weighted by molar-refractivity contribution is 5.98. The molecule has 9 nitrogen and oxygen atoms in total. The molecule has 0 atom stereocenters. The van der Waals surface area contributed by atoms with E-state index in [1.54, 1.807) is 36.5 Å². The van der Waals surface area contributed by atoms with E-state index in [-0.39, 0.29) is 5.91 Å². The number of hydrogen-bond donors (Lipinski definition) is 2. The molecular formula is C25H25N7O2. The van der Waals surface area contributed by atoms with Gasteiger partial charge in [-0.2, -0.15) is 10.1 Å². The van der Waals surface area contributed by atoms with Crippen LogP contribution in [0.4, 0.5) is 17.3 Å². The summed E-state index contributed by atoms with van der Waals surface area (Å²) in [6.07, 6.45) is 3.86. The standard InChI is InChI=1S/C25H25N7O2/c1-4-23(33)27-19-6-5-7-20(14-19)34-24-22-8-10-26-32(22)30-25(29-24)28-21-13-17-9-11-31(3)15-18(17)12-16(21)2/h4-8,10,12-14H,1,9,11,15H2,2-3H3,(H,27,33)(H,28,30). The maximum Gasteiger partial charge on any atom is 0.250 e.